The zero-order valence-electron chi connectivity index (χ0n) is 7.67. The molecule has 80 valence electrons. The van der Waals surface area contributed by atoms with Crippen LogP contribution in [0.3, 0.4) is 0 Å². The van der Waals surface area contributed by atoms with E-state index < -0.39 is 6.29 Å². The molecule has 1 N–H and O–H groups in total. The van der Waals surface area contributed by atoms with Crippen molar-refractivity contribution in [3.05, 3.63) is 35.9 Å². The van der Waals surface area contributed by atoms with E-state index in [1.54, 1.807) is 0 Å². The SMILES string of the molecule is C=C1/C=C2/OC(F)(F)OC2=CCN=CN1. The Kier molecular flexibility index (Phi) is 2.18. The molecule has 6 heteroatoms. The molecule has 0 unspecified atom stereocenters. The molecule has 1 fully saturated rings. The Hall–Kier alpha value is -1.85. The summed E-state index contributed by atoms with van der Waals surface area (Å²) in [4.78, 5) is 3.86. The van der Waals surface area contributed by atoms with Crippen molar-refractivity contribution in [2.45, 2.75) is 6.29 Å². The van der Waals surface area contributed by atoms with E-state index in [0.717, 1.165) is 0 Å². The standard InChI is InChI=1S/C9H8F2N2O2/c1-6-4-8-7(2-3-12-5-13-6)14-9(10,11)15-8/h2,4-5H,1,3H2,(H,12,13)/b7-2?,8-4+. The van der Waals surface area contributed by atoms with Gasteiger partial charge in [0, 0.05) is 11.8 Å². The van der Waals surface area contributed by atoms with E-state index in [2.05, 4.69) is 26.4 Å². The molecule has 2 aliphatic rings. The molecule has 0 aromatic rings. The third-order valence-corrected chi connectivity index (χ3v) is 1.73. The predicted octanol–water partition coefficient (Wildman–Crippen LogP) is 1.50. The van der Waals surface area contributed by atoms with Crippen LogP contribution in [-0.2, 0) is 9.47 Å². The Balaban J connectivity index is 2.33. The van der Waals surface area contributed by atoms with E-state index in [1.165, 1.54) is 18.5 Å². The summed E-state index contributed by atoms with van der Waals surface area (Å²) in [5.74, 6) is -0.0787. The topological polar surface area (TPSA) is 42.9 Å². The fourth-order valence-corrected chi connectivity index (χ4v) is 1.14. The Morgan fingerprint density at radius 2 is 2.13 bits per heavy atom. The summed E-state index contributed by atoms with van der Waals surface area (Å²) < 4.78 is 34.0. The molecular weight excluding hydrogens is 206 g/mol. The molecule has 0 aliphatic carbocycles. The van der Waals surface area contributed by atoms with Crippen LogP contribution in [0.1, 0.15) is 0 Å². The molecule has 1 saturated heterocycles. The summed E-state index contributed by atoms with van der Waals surface area (Å²) in [6, 6.07) is 0. The van der Waals surface area contributed by atoms with Crippen LogP contribution in [0.5, 0.6) is 0 Å². The fourth-order valence-electron chi connectivity index (χ4n) is 1.14. The van der Waals surface area contributed by atoms with Crippen molar-refractivity contribution >= 4 is 6.34 Å². The van der Waals surface area contributed by atoms with Crippen LogP contribution in [0.2, 0.25) is 0 Å². The second kappa shape index (κ2) is 3.38. The first kappa shape index (κ1) is 9.70. The number of nitrogens with one attached hydrogen (secondary N) is 1. The van der Waals surface area contributed by atoms with Gasteiger partial charge in [-0.1, -0.05) is 6.58 Å². The first-order chi connectivity index (χ1) is 7.07. The Labute approximate surface area is 84.6 Å². The van der Waals surface area contributed by atoms with E-state index in [0.29, 0.717) is 5.70 Å². The highest BCUT2D eigenvalue weighted by molar-refractivity contribution is 5.59. The summed E-state index contributed by atoms with van der Waals surface area (Å²) in [6.07, 6.45) is 0.546. The molecule has 2 heterocycles. The molecular formula is C9H8F2N2O2. The molecule has 0 aromatic carbocycles. The highest BCUT2D eigenvalue weighted by atomic mass is 19.3. The Bertz CT molecular complexity index is 386. The summed E-state index contributed by atoms with van der Waals surface area (Å²) in [5.41, 5.74) is 0.392. The maximum Gasteiger partial charge on any atom is 0.586 e. The second-order valence-corrected chi connectivity index (χ2v) is 2.91. The molecule has 2 rings (SSSR count). The molecule has 0 radical (unpaired) electrons. The lowest BCUT2D eigenvalue weighted by atomic mass is 10.3. The summed E-state index contributed by atoms with van der Waals surface area (Å²) in [5, 5.41) is 2.69. The largest absolute Gasteiger partial charge is 0.586 e. The average molecular weight is 214 g/mol. The van der Waals surface area contributed by atoms with Gasteiger partial charge >= 0.3 is 6.29 Å². The number of rotatable bonds is 0. The van der Waals surface area contributed by atoms with Crippen molar-refractivity contribution in [1.82, 2.24) is 5.32 Å². The molecule has 0 saturated carbocycles. The summed E-state index contributed by atoms with van der Waals surface area (Å²) in [7, 11) is 0. The third-order valence-electron chi connectivity index (χ3n) is 1.73. The van der Waals surface area contributed by atoms with E-state index in [1.807, 2.05) is 0 Å². The van der Waals surface area contributed by atoms with Crippen molar-refractivity contribution in [3.63, 3.8) is 0 Å². The number of alkyl halides is 2. The lowest BCUT2D eigenvalue weighted by Gasteiger charge is -2.04. The first-order valence-electron chi connectivity index (χ1n) is 4.19. The molecule has 2 aliphatic heterocycles. The number of nitrogens with zero attached hydrogens (tertiary/aromatic N) is 1. The number of aliphatic imine (C=N–C) groups is 1. The monoisotopic (exact) mass is 214 g/mol. The number of hydrogen-bond donors (Lipinski definition) is 1. The van der Waals surface area contributed by atoms with Crippen LogP contribution in [-0.4, -0.2) is 19.2 Å². The Morgan fingerprint density at radius 3 is 2.93 bits per heavy atom. The van der Waals surface area contributed by atoms with Gasteiger partial charge in [-0.2, -0.15) is 0 Å². The maximum atomic E-state index is 12.7. The van der Waals surface area contributed by atoms with Gasteiger partial charge in [-0.05, 0) is 6.08 Å². The second-order valence-electron chi connectivity index (χ2n) is 2.91. The summed E-state index contributed by atoms with van der Waals surface area (Å²) in [6.45, 7) is 3.81. The fraction of sp³-hybridized carbons (Fsp3) is 0.222. The highest BCUT2D eigenvalue weighted by Crippen LogP contribution is 2.36. The van der Waals surface area contributed by atoms with Crippen molar-refractivity contribution in [2.75, 3.05) is 6.54 Å². The maximum absolute atomic E-state index is 12.7. The quantitative estimate of drug-likeness (QED) is 0.664. The highest BCUT2D eigenvalue weighted by Gasteiger charge is 2.45. The van der Waals surface area contributed by atoms with Gasteiger partial charge in [-0.25, -0.2) is 0 Å². The van der Waals surface area contributed by atoms with Crippen LogP contribution in [0.25, 0.3) is 0 Å². The number of allylic oxidation sites excluding steroid dienone is 1. The van der Waals surface area contributed by atoms with E-state index in [9.17, 15) is 8.78 Å². The molecule has 15 heavy (non-hydrogen) atoms. The minimum absolute atomic E-state index is 0.0259. The first-order valence-corrected chi connectivity index (χ1v) is 4.19. The number of halogens is 2. The summed E-state index contributed by atoms with van der Waals surface area (Å²) >= 11 is 0. The van der Waals surface area contributed by atoms with E-state index in [-0.39, 0.29) is 18.1 Å². The normalized spacial score (nSPS) is 26.7. The number of fused-ring (bicyclic) bond motifs is 1. The molecule has 0 atom stereocenters. The van der Waals surface area contributed by atoms with Crippen molar-refractivity contribution < 1.29 is 18.3 Å². The molecule has 4 nitrogen and oxygen atoms in total. The van der Waals surface area contributed by atoms with Gasteiger partial charge in [0.1, 0.15) is 0 Å². The zero-order valence-corrected chi connectivity index (χ0v) is 7.67. The van der Waals surface area contributed by atoms with Crippen molar-refractivity contribution in [1.29, 1.82) is 0 Å². The van der Waals surface area contributed by atoms with Crippen LogP contribution in [0.4, 0.5) is 8.78 Å². The minimum atomic E-state index is -3.61. The number of hydrogen-bond acceptors (Lipinski definition) is 4. The average Bonchev–Trinajstić information content (AvgIpc) is 2.41. The van der Waals surface area contributed by atoms with Gasteiger partial charge in [0.15, 0.2) is 11.5 Å². The molecule has 0 aromatic heterocycles. The van der Waals surface area contributed by atoms with E-state index >= 15 is 0 Å². The van der Waals surface area contributed by atoms with Crippen LogP contribution < -0.4 is 5.32 Å². The van der Waals surface area contributed by atoms with Gasteiger partial charge in [0.25, 0.3) is 0 Å². The van der Waals surface area contributed by atoms with Gasteiger partial charge in [-0.3, -0.25) is 4.99 Å². The van der Waals surface area contributed by atoms with Gasteiger partial charge in [-0.15, -0.1) is 8.78 Å². The zero-order chi connectivity index (χ0) is 10.9. The van der Waals surface area contributed by atoms with Crippen LogP contribution >= 0.6 is 0 Å². The van der Waals surface area contributed by atoms with E-state index in [4.69, 9.17) is 0 Å². The predicted molar refractivity (Wildman–Crippen MR) is 48.9 cm³/mol. The van der Waals surface area contributed by atoms with Crippen molar-refractivity contribution in [2.24, 2.45) is 4.99 Å². The Morgan fingerprint density at radius 1 is 1.40 bits per heavy atom. The number of ether oxygens (including phenoxy) is 2. The van der Waals surface area contributed by atoms with Gasteiger partial charge in [0.05, 0.1) is 12.9 Å². The smallest absolute Gasteiger partial charge is 0.396 e. The minimum Gasteiger partial charge on any atom is -0.396 e. The lowest BCUT2D eigenvalue weighted by molar-refractivity contribution is -0.326. The molecule has 0 spiro atoms. The van der Waals surface area contributed by atoms with Gasteiger partial charge < -0.3 is 14.8 Å². The molecule has 0 amide bonds. The van der Waals surface area contributed by atoms with Crippen LogP contribution in [0, 0.1) is 0 Å². The van der Waals surface area contributed by atoms with Crippen molar-refractivity contribution in [3.8, 4) is 0 Å². The third kappa shape index (κ3) is 2.15. The van der Waals surface area contributed by atoms with Crippen LogP contribution in [0.15, 0.2) is 40.9 Å². The molecule has 0 bridgehead atoms. The lowest BCUT2D eigenvalue weighted by Crippen LogP contribution is -2.14. The van der Waals surface area contributed by atoms with Gasteiger partial charge in [0.2, 0.25) is 0 Å².